The molecule has 1 aromatic rings. The Morgan fingerprint density at radius 2 is 2.08 bits per heavy atom. The Morgan fingerprint density at radius 1 is 1.36 bits per heavy atom. The molecule has 2 rings (SSSR count). The average molecular weight is 389 g/mol. The molecule has 1 N–H and O–H groups in total. The fourth-order valence-electron chi connectivity index (χ4n) is 2.77. The van der Waals surface area contributed by atoms with E-state index >= 15 is 0 Å². The SMILES string of the molecule is CC(C)(C)OC(=O)NCC1CCCCN1S(=O)(=O)c1cccc(Cl)c1. The van der Waals surface area contributed by atoms with Crippen LogP contribution in [0.1, 0.15) is 40.0 Å². The van der Waals surface area contributed by atoms with Gasteiger partial charge in [0, 0.05) is 24.2 Å². The van der Waals surface area contributed by atoms with E-state index < -0.39 is 21.7 Å². The van der Waals surface area contributed by atoms with Crippen molar-refractivity contribution in [2.24, 2.45) is 0 Å². The van der Waals surface area contributed by atoms with Gasteiger partial charge in [0.05, 0.1) is 4.90 Å². The van der Waals surface area contributed by atoms with Crippen LogP contribution in [0.15, 0.2) is 29.2 Å². The second-order valence-electron chi connectivity index (χ2n) is 7.11. The molecular weight excluding hydrogens is 364 g/mol. The number of sulfonamides is 1. The third-order valence-electron chi connectivity index (χ3n) is 3.86. The average Bonchev–Trinajstić information content (AvgIpc) is 2.51. The maximum absolute atomic E-state index is 12.9. The summed E-state index contributed by atoms with van der Waals surface area (Å²) in [6.45, 7) is 5.99. The minimum absolute atomic E-state index is 0.171. The van der Waals surface area contributed by atoms with Crippen LogP contribution in [0, 0.1) is 0 Å². The number of alkyl carbamates (subject to hydrolysis) is 1. The normalized spacial score (nSPS) is 19.4. The van der Waals surface area contributed by atoms with E-state index in [1.54, 1.807) is 32.9 Å². The van der Waals surface area contributed by atoms with Gasteiger partial charge in [-0.15, -0.1) is 0 Å². The fourth-order valence-corrected chi connectivity index (χ4v) is 4.77. The lowest BCUT2D eigenvalue weighted by molar-refractivity contribution is 0.0512. The minimum Gasteiger partial charge on any atom is -0.444 e. The van der Waals surface area contributed by atoms with Gasteiger partial charge in [-0.05, 0) is 51.8 Å². The summed E-state index contributed by atoms with van der Waals surface area (Å²) in [6, 6.07) is 5.94. The van der Waals surface area contributed by atoms with Gasteiger partial charge in [-0.1, -0.05) is 24.1 Å². The molecule has 0 bridgehead atoms. The molecule has 0 aromatic heterocycles. The maximum Gasteiger partial charge on any atom is 0.407 e. The highest BCUT2D eigenvalue weighted by Gasteiger charge is 2.34. The van der Waals surface area contributed by atoms with Crippen LogP contribution in [0.2, 0.25) is 5.02 Å². The van der Waals surface area contributed by atoms with Gasteiger partial charge in [0.15, 0.2) is 0 Å². The molecule has 1 atom stereocenters. The van der Waals surface area contributed by atoms with Crippen LogP contribution in [0.4, 0.5) is 4.79 Å². The summed E-state index contributed by atoms with van der Waals surface area (Å²) in [5.74, 6) is 0. The summed E-state index contributed by atoms with van der Waals surface area (Å²) in [6.07, 6.45) is 1.86. The van der Waals surface area contributed by atoms with E-state index in [1.807, 2.05) is 0 Å². The summed E-state index contributed by atoms with van der Waals surface area (Å²) in [7, 11) is -3.66. The number of hydrogen-bond acceptors (Lipinski definition) is 4. The van der Waals surface area contributed by atoms with Crippen molar-refractivity contribution < 1.29 is 17.9 Å². The molecule has 0 radical (unpaired) electrons. The Hall–Kier alpha value is -1.31. The van der Waals surface area contributed by atoms with Crippen LogP contribution < -0.4 is 5.32 Å². The van der Waals surface area contributed by atoms with E-state index in [4.69, 9.17) is 16.3 Å². The first kappa shape index (κ1) is 20.0. The van der Waals surface area contributed by atoms with Crippen LogP contribution in [-0.4, -0.2) is 43.5 Å². The monoisotopic (exact) mass is 388 g/mol. The van der Waals surface area contributed by atoms with Crippen molar-refractivity contribution in [3.8, 4) is 0 Å². The van der Waals surface area contributed by atoms with Gasteiger partial charge >= 0.3 is 6.09 Å². The topological polar surface area (TPSA) is 75.7 Å². The zero-order valence-corrected chi connectivity index (χ0v) is 16.4. The van der Waals surface area contributed by atoms with Crippen molar-refractivity contribution in [2.45, 2.75) is 56.6 Å². The van der Waals surface area contributed by atoms with Crippen LogP contribution >= 0.6 is 11.6 Å². The molecule has 1 heterocycles. The summed E-state index contributed by atoms with van der Waals surface area (Å²) >= 11 is 5.93. The number of piperidine rings is 1. The number of amides is 1. The lowest BCUT2D eigenvalue weighted by Crippen LogP contribution is -2.49. The molecule has 1 aliphatic heterocycles. The second kappa shape index (κ2) is 7.93. The van der Waals surface area contributed by atoms with Gasteiger partial charge in [0.25, 0.3) is 0 Å². The third-order valence-corrected chi connectivity index (χ3v) is 6.04. The molecule has 25 heavy (non-hydrogen) atoms. The van der Waals surface area contributed by atoms with E-state index in [9.17, 15) is 13.2 Å². The number of ether oxygens (including phenoxy) is 1. The molecule has 0 aliphatic carbocycles. The molecule has 1 amide bonds. The quantitative estimate of drug-likeness (QED) is 0.857. The minimum atomic E-state index is -3.66. The van der Waals surface area contributed by atoms with E-state index in [0.717, 1.165) is 12.8 Å². The molecule has 0 spiro atoms. The van der Waals surface area contributed by atoms with E-state index in [0.29, 0.717) is 18.0 Å². The fraction of sp³-hybridized carbons (Fsp3) is 0.588. The molecule has 140 valence electrons. The Morgan fingerprint density at radius 3 is 2.72 bits per heavy atom. The van der Waals surface area contributed by atoms with Gasteiger partial charge < -0.3 is 10.1 Å². The zero-order valence-electron chi connectivity index (χ0n) is 14.8. The Bertz CT molecular complexity index is 716. The highest BCUT2D eigenvalue weighted by molar-refractivity contribution is 7.89. The van der Waals surface area contributed by atoms with Crippen molar-refractivity contribution in [1.29, 1.82) is 0 Å². The van der Waals surface area contributed by atoms with Crippen molar-refractivity contribution in [2.75, 3.05) is 13.1 Å². The summed E-state index contributed by atoms with van der Waals surface area (Å²) in [5, 5.41) is 3.06. The summed E-state index contributed by atoms with van der Waals surface area (Å²) in [5.41, 5.74) is -0.594. The molecule has 0 saturated carbocycles. The molecule has 8 heteroatoms. The Labute approximate surface area is 154 Å². The lowest BCUT2D eigenvalue weighted by Gasteiger charge is -2.35. The van der Waals surface area contributed by atoms with Crippen molar-refractivity contribution in [3.63, 3.8) is 0 Å². The molecule has 6 nitrogen and oxygen atoms in total. The molecule has 1 aromatic carbocycles. The van der Waals surface area contributed by atoms with Crippen molar-refractivity contribution in [1.82, 2.24) is 9.62 Å². The number of benzene rings is 1. The number of carbonyl (C=O) groups is 1. The first-order valence-corrected chi connectivity index (χ1v) is 10.2. The first-order chi connectivity index (χ1) is 11.6. The third kappa shape index (κ3) is 5.59. The number of nitrogens with one attached hydrogen (secondary N) is 1. The molecule has 1 unspecified atom stereocenters. The number of nitrogens with zero attached hydrogens (tertiary/aromatic N) is 1. The molecule has 1 aliphatic rings. The molecule has 1 fully saturated rings. The van der Waals surface area contributed by atoms with E-state index in [1.165, 1.54) is 16.4 Å². The predicted octanol–water partition coefficient (Wildman–Crippen LogP) is 3.41. The van der Waals surface area contributed by atoms with Crippen molar-refractivity contribution >= 4 is 27.7 Å². The highest BCUT2D eigenvalue weighted by Crippen LogP contribution is 2.26. The van der Waals surface area contributed by atoms with E-state index in [2.05, 4.69) is 5.32 Å². The van der Waals surface area contributed by atoms with Crippen LogP contribution in [0.25, 0.3) is 0 Å². The smallest absolute Gasteiger partial charge is 0.407 e. The number of rotatable bonds is 4. The largest absolute Gasteiger partial charge is 0.444 e. The lowest BCUT2D eigenvalue weighted by atomic mass is 10.1. The Kier molecular flexibility index (Phi) is 6.35. The van der Waals surface area contributed by atoms with Crippen molar-refractivity contribution in [3.05, 3.63) is 29.3 Å². The summed E-state index contributed by atoms with van der Waals surface area (Å²) < 4.78 is 32.6. The zero-order chi connectivity index (χ0) is 18.7. The van der Waals surface area contributed by atoms with Gasteiger partial charge in [-0.3, -0.25) is 0 Å². The van der Waals surface area contributed by atoms with Crippen LogP contribution in [0.5, 0.6) is 0 Å². The first-order valence-electron chi connectivity index (χ1n) is 8.34. The molecule has 1 saturated heterocycles. The highest BCUT2D eigenvalue weighted by atomic mass is 35.5. The number of hydrogen-bond donors (Lipinski definition) is 1. The predicted molar refractivity (Wildman–Crippen MR) is 97.2 cm³/mol. The molecular formula is C17H25ClN2O4S. The second-order valence-corrected chi connectivity index (χ2v) is 9.43. The standard InChI is InChI=1S/C17H25ClN2O4S/c1-17(2,3)24-16(21)19-12-14-8-4-5-10-20(14)25(22,23)15-9-6-7-13(18)11-15/h6-7,9,11,14H,4-5,8,10,12H2,1-3H3,(H,19,21). The number of halogens is 1. The van der Waals surface area contributed by atoms with Crippen LogP contribution in [-0.2, 0) is 14.8 Å². The summed E-state index contributed by atoms with van der Waals surface area (Å²) in [4.78, 5) is 12.0. The van der Waals surface area contributed by atoms with Gasteiger partial charge in [0.2, 0.25) is 10.0 Å². The van der Waals surface area contributed by atoms with Gasteiger partial charge in [-0.25, -0.2) is 13.2 Å². The van der Waals surface area contributed by atoms with Gasteiger partial charge in [-0.2, -0.15) is 4.31 Å². The Balaban J connectivity index is 2.11. The van der Waals surface area contributed by atoms with Crippen LogP contribution in [0.3, 0.4) is 0 Å². The maximum atomic E-state index is 12.9. The number of carbonyl (C=O) groups excluding carboxylic acids is 1. The van der Waals surface area contributed by atoms with E-state index in [-0.39, 0.29) is 17.5 Å². The van der Waals surface area contributed by atoms with Gasteiger partial charge in [0.1, 0.15) is 5.60 Å².